The smallest absolute Gasteiger partial charge is 0.277 e. The van der Waals surface area contributed by atoms with Crippen molar-refractivity contribution >= 4 is 35.0 Å². The number of nitrogens with zero attached hydrogens (tertiary/aromatic N) is 3. The van der Waals surface area contributed by atoms with Crippen molar-refractivity contribution in [2.45, 2.75) is 11.8 Å². The fraction of sp³-hybridized carbons (Fsp3) is 0.0870. The summed E-state index contributed by atoms with van der Waals surface area (Å²) in [6.45, 7) is 0.488. The quantitative estimate of drug-likeness (QED) is 0.348. The fourth-order valence-electron chi connectivity index (χ4n) is 2.91. The lowest BCUT2D eigenvalue weighted by Crippen LogP contribution is -2.31. The van der Waals surface area contributed by atoms with Gasteiger partial charge in [-0.25, -0.2) is 0 Å². The third-order valence-electron chi connectivity index (χ3n) is 4.35. The standard InChI is InChI=1S/C23H18ClN3O2S/c24-19-11-7-10-18(14-19)22-25-26-23(29-22)30-16-21(28)27(20-12-5-2-6-13-20)15-17-8-3-1-4-9-17/h1-14H,15-16H2. The van der Waals surface area contributed by atoms with Crippen molar-refractivity contribution < 1.29 is 9.21 Å². The normalized spacial score (nSPS) is 10.7. The Labute approximate surface area is 183 Å². The Morgan fingerprint density at radius 2 is 1.67 bits per heavy atom. The monoisotopic (exact) mass is 435 g/mol. The molecule has 0 N–H and O–H groups in total. The second-order valence-electron chi connectivity index (χ2n) is 6.47. The number of hydrogen-bond donors (Lipinski definition) is 0. The van der Waals surface area contributed by atoms with Crippen LogP contribution in [0, 0.1) is 0 Å². The van der Waals surface area contributed by atoms with E-state index < -0.39 is 0 Å². The summed E-state index contributed by atoms with van der Waals surface area (Å²) < 4.78 is 5.69. The predicted octanol–water partition coefficient (Wildman–Crippen LogP) is 5.72. The molecule has 0 bridgehead atoms. The maximum atomic E-state index is 13.0. The topological polar surface area (TPSA) is 59.2 Å². The number of thioether (sulfide) groups is 1. The molecular formula is C23H18ClN3O2S. The van der Waals surface area contributed by atoms with Gasteiger partial charge in [0.05, 0.1) is 12.3 Å². The molecule has 5 nitrogen and oxygen atoms in total. The van der Waals surface area contributed by atoms with Crippen molar-refractivity contribution in [3.63, 3.8) is 0 Å². The van der Waals surface area contributed by atoms with Crippen molar-refractivity contribution in [2.75, 3.05) is 10.7 Å². The summed E-state index contributed by atoms with van der Waals surface area (Å²) in [6, 6.07) is 26.7. The van der Waals surface area contributed by atoms with Gasteiger partial charge in [-0.15, -0.1) is 10.2 Å². The first kappa shape index (κ1) is 20.2. The van der Waals surface area contributed by atoms with Crippen LogP contribution in [0.4, 0.5) is 5.69 Å². The minimum atomic E-state index is -0.0439. The Morgan fingerprint density at radius 1 is 0.933 bits per heavy atom. The minimum Gasteiger partial charge on any atom is -0.411 e. The van der Waals surface area contributed by atoms with Gasteiger partial charge in [-0.1, -0.05) is 78.0 Å². The number of amides is 1. The van der Waals surface area contributed by atoms with Crippen LogP contribution in [0.5, 0.6) is 0 Å². The van der Waals surface area contributed by atoms with Gasteiger partial charge >= 0.3 is 0 Å². The zero-order chi connectivity index (χ0) is 20.8. The van der Waals surface area contributed by atoms with Crippen molar-refractivity contribution in [3.05, 3.63) is 95.5 Å². The number of carbonyl (C=O) groups excluding carboxylic acids is 1. The molecule has 0 fully saturated rings. The number of anilines is 1. The Kier molecular flexibility index (Phi) is 6.47. The van der Waals surface area contributed by atoms with Gasteiger partial charge in [-0.3, -0.25) is 4.79 Å². The van der Waals surface area contributed by atoms with E-state index in [1.54, 1.807) is 17.0 Å². The number of hydrogen-bond acceptors (Lipinski definition) is 5. The Balaban J connectivity index is 1.46. The molecule has 3 aromatic carbocycles. The highest BCUT2D eigenvalue weighted by atomic mass is 35.5. The average Bonchev–Trinajstić information content (AvgIpc) is 3.26. The Morgan fingerprint density at radius 3 is 2.40 bits per heavy atom. The molecule has 0 spiro atoms. The van der Waals surface area contributed by atoms with Gasteiger partial charge in [-0.05, 0) is 35.9 Å². The third kappa shape index (κ3) is 5.09. The predicted molar refractivity (Wildman–Crippen MR) is 120 cm³/mol. The van der Waals surface area contributed by atoms with Gasteiger partial charge in [0, 0.05) is 16.3 Å². The Bertz CT molecular complexity index is 1120. The van der Waals surface area contributed by atoms with E-state index in [-0.39, 0.29) is 11.7 Å². The van der Waals surface area contributed by atoms with E-state index in [2.05, 4.69) is 10.2 Å². The minimum absolute atomic E-state index is 0.0439. The highest BCUT2D eigenvalue weighted by Crippen LogP contribution is 2.26. The summed E-state index contributed by atoms with van der Waals surface area (Å²) in [7, 11) is 0. The van der Waals surface area contributed by atoms with E-state index >= 15 is 0 Å². The molecule has 1 aromatic heterocycles. The summed E-state index contributed by atoms with van der Waals surface area (Å²) in [6.07, 6.45) is 0. The van der Waals surface area contributed by atoms with E-state index in [4.69, 9.17) is 16.0 Å². The molecule has 1 heterocycles. The SMILES string of the molecule is O=C(CSc1nnc(-c2cccc(Cl)c2)o1)N(Cc1ccccc1)c1ccccc1. The highest BCUT2D eigenvalue weighted by Gasteiger charge is 2.18. The summed E-state index contributed by atoms with van der Waals surface area (Å²) >= 11 is 7.24. The molecule has 0 saturated heterocycles. The third-order valence-corrected chi connectivity index (χ3v) is 5.39. The van der Waals surface area contributed by atoms with Gasteiger partial charge in [0.15, 0.2) is 0 Å². The zero-order valence-electron chi connectivity index (χ0n) is 15.9. The van der Waals surface area contributed by atoms with E-state index in [9.17, 15) is 4.79 Å². The van der Waals surface area contributed by atoms with Crippen LogP contribution < -0.4 is 4.90 Å². The van der Waals surface area contributed by atoms with Crippen molar-refractivity contribution in [1.29, 1.82) is 0 Å². The first-order valence-electron chi connectivity index (χ1n) is 9.30. The molecule has 4 rings (SSSR count). The molecule has 7 heteroatoms. The van der Waals surface area contributed by atoms with Crippen LogP contribution in [0.3, 0.4) is 0 Å². The highest BCUT2D eigenvalue weighted by molar-refractivity contribution is 7.99. The maximum absolute atomic E-state index is 13.0. The maximum Gasteiger partial charge on any atom is 0.277 e. The van der Waals surface area contributed by atoms with Crippen LogP contribution in [0.15, 0.2) is 94.6 Å². The lowest BCUT2D eigenvalue weighted by Gasteiger charge is -2.22. The lowest BCUT2D eigenvalue weighted by molar-refractivity contribution is -0.116. The Hall–Kier alpha value is -3.09. The zero-order valence-corrected chi connectivity index (χ0v) is 17.5. The second-order valence-corrected chi connectivity index (χ2v) is 7.84. The molecule has 0 aliphatic carbocycles. The second kappa shape index (κ2) is 9.61. The molecule has 30 heavy (non-hydrogen) atoms. The molecular weight excluding hydrogens is 418 g/mol. The molecule has 0 atom stereocenters. The van der Waals surface area contributed by atoms with E-state index in [0.717, 1.165) is 16.8 Å². The fourth-order valence-corrected chi connectivity index (χ4v) is 3.73. The van der Waals surface area contributed by atoms with Crippen LogP contribution in [0.2, 0.25) is 5.02 Å². The number of aromatic nitrogens is 2. The lowest BCUT2D eigenvalue weighted by atomic mass is 10.2. The van der Waals surface area contributed by atoms with E-state index in [0.29, 0.717) is 22.7 Å². The first-order valence-corrected chi connectivity index (χ1v) is 10.7. The molecule has 0 radical (unpaired) electrons. The van der Waals surface area contributed by atoms with Crippen LogP contribution in [-0.2, 0) is 11.3 Å². The summed E-state index contributed by atoms with van der Waals surface area (Å²) in [5.41, 5.74) is 2.64. The molecule has 150 valence electrons. The number of benzene rings is 3. The van der Waals surface area contributed by atoms with Gasteiger partial charge in [0.1, 0.15) is 0 Å². The van der Waals surface area contributed by atoms with Crippen LogP contribution >= 0.6 is 23.4 Å². The number of rotatable bonds is 7. The summed E-state index contributed by atoms with van der Waals surface area (Å²) in [4.78, 5) is 14.8. The summed E-state index contributed by atoms with van der Waals surface area (Å²) in [5.74, 6) is 0.507. The molecule has 0 unspecified atom stereocenters. The number of para-hydroxylation sites is 1. The van der Waals surface area contributed by atoms with Crippen molar-refractivity contribution in [1.82, 2.24) is 10.2 Å². The summed E-state index contributed by atoms with van der Waals surface area (Å²) in [5, 5.41) is 9.03. The van der Waals surface area contributed by atoms with Gasteiger partial charge < -0.3 is 9.32 Å². The molecule has 0 aliphatic rings. The van der Waals surface area contributed by atoms with Gasteiger partial charge in [0.2, 0.25) is 11.8 Å². The number of carbonyl (C=O) groups is 1. The van der Waals surface area contributed by atoms with Crippen LogP contribution in [0.1, 0.15) is 5.56 Å². The molecule has 0 saturated carbocycles. The van der Waals surface area contributed by atoms with Crippen LogP contribution in [-0.4, -0.2) is 21.9 Å². The molecule has 4 aromatic rings. The molecule has 1 amide bonds. The van der Waals surface area contributed by atoms with Gasteiger partial charge in [0.25, 0.3) is 5.22 Å². The first-order chi connectivity index (χ1) is 14.7. The van der Waals surface area contributed by atoms with Crippen LogP contribution in [0.25, 0.3) is 11.5 Å². The average molecular weight is 436 g/mol. The number of halogens is 1. The van der Waals surface area contributed by atoms with Crippen molar-refractivity contribution in [2.24, 2.45) is 0 Å². The largest absolute Gasteiger partial charge is 0.411 e. The van der Waals surface area contributed by atoms with E-state index in [1.807, 2.05) is 72.8 Å². The van der Waals surface area contributed by atoms with Gasteiger partial charge in [-0.2, -0.15) is 0 Å². The van der Waals surface area contributed by atoms with E-state index in [1.165, 1.54) is 11.8 Å². The van der Waals surface area contributed by atoms with Crippen molar-refractivity contribution in [3.8, 4) is 11.5 Å². The molecule has 0 aliphatic heterocycles.